The molecule has 5 nitrogen and oxygen atoms in total. The summed E-state index contributed by atoms with van der Waals surface area (Å²) >= 11 is 0. The quantitative estimate of drug-likeness (QED) is 0.569. The van der Waals surface area contributed by atoms with Gasteiger partial charge in [0.2, 0.25) is 0 Å². The Hall–Kier alpha value is -1.58. The van der Waals surface area contributed by atoms with Crippen molar-refractivity contribution in [3.05, 3.63) is 18.4 Å². The summed E-state index contributed by atoms with van der Waals surface area (Å²) < 4.78 is 10.8. The summed E-state index contributed by atoms with van der Waals surface area (Å²) in [5, 5.41) is 0. The predicted octanol–water partition coefficient (Wildman–Crippen LogP) is 2.27. The number of hydrogen-bond acceptors (Lipinski definition) is 4. The maximum Gasteiger partial charge on any atom is 0.413 e. The van der Waals surface area contributed by atoms with Gasteiger partial charge in [0.1, 0.15) is 17.4 Å². The van der Waals surface area contributed by atoms with Crippen LogP contribution in [0.15, 0.2) is 18.4 Å². The molecule has 1 aliphatic rings. The summed E-state index contributed by atoms with van der Waals surface area (Å²) in [7, 11) is 0. The zero-order chi connectivity index (χ0) is 14.8. The van der Waals surface area contributed by atoms with E-state index in [0.29, 0.717) is 0 Å². The lowest BCUT2D eigenvalue weighted by Crippen LogP contribution is -2.51. The van der Waals surface area contributed by atoms with Crippen LogP contribution in [0.5, 0.6) is 0 Å². The van der Waals surface area contributed by atoms with E-state index >= 15 is 0 Å². The van der Waals surface area contributed by atoms with Gasteiger partial charge in [-0.05, 0) is 34.6 Å². The van der Waals surface area contributed by atoms with Gasteiger partial charge >= 0.3 is 6.09 Å². The molecule has 19 heavy (non-hydrogen) atoms. The fourth-order valence-electron chi connectivity index (χ4n) is 1.87. The molecule has 1 atom stereocenters. The van der Waals surface area contributed by atoms with E-state index in [2.05, 4.69) is 12.3 Å². The summed E-state index contributed by atoms with van der Waals surface area (Å²) in [5.41, 5.74) is 0.916. The van der Waals surface area contributed by atoms with Crippen molar-refractivity contribution in [3.63, 3.8) is 0 Å². The highest BCUT2D eigenvalue weighted by Gasteiger charge is 2.48. The molecule has 0 aromatic carbocycles. The lowest BCUT2D eigenvalue weighted by Gasteiger charge is -2.34. The molecule has 1 rings (SSSR count). The number of ketones is 1. The monoisotopic (exact) mass is 267 g/mol. The Labute approximate surface area is 113 Å². The van der Waals surface area contributed by atoms with Crippen LogP contribution in [0.25, 0.3) is 0 Å². The summed E-state index contributed by atoms with van der Waals surface area (Å²) in [6, 6.07) is -0.695. The van der Waals surface area contributed by atoms with Crippen molar-refractivity contribution in [1.29, 1.82) is 0 Å². The van der Waals surface area contributed by atoms with Gasteiger partial charge < -0.3 is 9.47 Å². The topological polar surface area (TPSA) is 55.8 Å². The fraction of sp³-hybridized carbons (Fsp3) is 0.643. The first kappa shape index (κ1) is 15.5. The maximum atomic E-state index is 12.2. The molecule has 0 aromatic rings. The molecule has 0 unspecified atom stereocenters. The Balaban J connectivity index is 2.99. The van der Waals surface area contributed by atoms with E-state index in [-0.39, 0.29) is 12.4 Å². The number of carbonyl (C=O) groups excluding carboxylic acids is 2. The summed E-state index contributed by atoms with van der Waals surface area (Å²) in [6.07, 6.45) is 0.651. The van der Waals surface area contributed by atoms with E-state index in [9.17, 15) is 9.59 Å². The molecule has 0 aliphatic carbocycles. The minimum absolute atomic E-state index is 0.142. The van der Waals surface area contributed by atoms with E-state index in [4.69, 9.17) is 9.47 Å². The van der Waals surface area contributed by atoms with Gasteiger partial charge in [-0.25, -0.2) is 4.79 Å². The minimum Gasteiger partial charge on any atom is -0.444 e. The molecular formula is C14H21NO4. The molecule has 0 bridgehead atoms. The fourth-order valence-corrected chi connectivity index (χ4v) is 1.87. The van der Waals surface area contributed by atoms with Gasteiger partial charge in [-0.2, -0.15) is 0 Å². The van der Waals surface area contributed by atoms with Gasteiger partial charge in [0.25, 0.3) is 0 Å². The Kier molecular flexibility index (Phi) is 4.23. The SMILES string of the molecule is C=C=CC(=O)[C@@H]1COC(C)(C)N1C(=O)OC(C)(C)C. The van der Waals surface area contributed by atoms with Crippen LogP contribution < -0.4 is 0 Å². The van der Waals surface area contributed by atoms with Crippen LogP contribution >= 0.6 is 0 Å². The second kappa shape index (κ2) is 5.19. The van der Waals surface area contributed by atoms with Crippen molar-refractivity contribution >= 4 is 11.9 Å². The van der Waals surface area contributed by atoms with Crippen LogP contribution in [-0.4, -0.2) is 40.8 Å². The van der Waals surface area contributed by atoms with Crippen molar-refractivity contribution in [2.24, 2.45) is 0 Å². The molecule has 1 saturated heterocycles. The van der Waals surface area contributed by atoms with E-state index in [1.54, 1.807) is 34.6 Å². The highest BCUT2D eigenvalue weighted by Crippen LogP contribution is 2.29. The average molecular weight is 267 g/mol. The van der Waals surface area contributed by atoms with Crippen LogP contribution in [0.4, 0.5) is 4.79 Å². The molecule has 1 heterocycles. The van der Waals surface area contributed by atoms with Crippen molar-refractivity contribution in [3.8, 4) is 0 Å². The Morgan fingerprint density at radius 2 is 2.05 bits per heavy atom. The van der Waals surface area contributed by atoms with Gasteiger partial charge in [-0.1, -0.05) is 6.58 Å². The molecule has 1 aliphatic heterocycles. The van der Waals surface area contributed by atoms with Crippen molar-refractivity contribution in [2.75, 3.05) is 6.61 Å². The number of nitrogens with zero attached hydrogens (tertiary/aromatic N) is 1. The highest BCUT2D eigenvalue weighted by molar-refractivity contribution is 5.96. The lowest BCUT2D eigenvalue weighted by molar-refractivity contribution is -0.120. The van der Waals surface area contributed by atoms with Gasteiger partial charge in [0.05, 0.1) is 6.61 Å². The molecular weight excluding hydrogens is 246 g/mol. The second-order valence-corrected chi connectivity index (χ2v) is 5.87. The molecule has 0 radical (unpaired) electrons. The predicted molar refractivity (Wildman–Crippen MR) is 70.6 cm³/mol. The molecule has 0 aromatic heterocycles. The van der Waals surface area contributed by atoms with E-state index < -0.39 is 23.5 Å². The molecule has 5 heteroatoms. The van der Waals surface area contributed by atoms with Gasteiger partial charge in [-0.3, -0.25) is 9.69 Å². The molecule has 0 saturated carbocycles. The second-order valence-electron chi connectivity index (χ2n) is 5.87. The number of amides is 1. The Morgan fingerprint density at radius 1 is 1.47 bits per heavy atom. The van der Waals surface area contributed by atoms with E-state index in [1.807, 2.05) is 0 Å². The Bertz CT molecular complexity index is 427. The van der Waals surface area contributed by atoms with Gasteiger partial charge in [-0.15, -0.1) is 5.73 Å². The molecule has 1 amide bonds. The van der Waals surface area contributed by atoms with Crippen molar-refractivity contribution < 1.29 is 19.1 Å². The van der Waals surface area contributed by atoms with Crippen LogP contribution in [0.2, 0.25) is 0 Å². The highest BCUT2D eigenvalue weighted by atomic mass is 16.6. The molecule has 106 valence electrons. The standard InChI is InChI=1S/C14H21NO4/c1-7-8-11(16)10-9-18-14(5,6)15(10)12(17)19-13(2,3)4/h8,10H,1,9H2,2-6H3/t10-/m0/s1. The average Bonchev–Trinajstić information content (AvgIpc) is 2.51. The van der Waals surface area contributed by atoms with Crippen LogP contribution in [0.1, 0.15) is 34.6 Å². The number of rotatable bonds is 2. The zero-order valence-electron chi connectivity index (χ0n) is 12.1. The number of ether oxygens (including phenoxy) is 2. The first-order valence-electron chi connectivity index (χ1n) is 6.14. The zero-order valence-corrected chi connectivity index (χ0v) is 12.1. The minimum atomic E-state index is -0.877. The van der Waals surface area contributed by atoms with Crippen LogP contribution in [0.3, 0.4) is 0 Å². The number of carbonyl (C=O) groups is 2. The van der Waals surface area contributed by atoms with E-state index in [1.165, 1.54) is 11.0 Å². The van der Waals surface area contributed by atoms with Gasteiger partial charge in [0.15, 0.2) is 5.78 Å². The summed E-state index contributed by atoms with van der Waals surface area (Å²) in [6.45, 7) is 12.3. The number of hydrogen-bond donors (Lipinski definition) is 0. The first-order chi connectivity index (χ1) is 8.58. The lowest BCUT2D eigenvalue weighted by atomic mass is 10.1. The summed E-state index contributed by atoms with van der Waals surface area (Å²) in [5.74, 6) is -0.272. The van der Waals surface area contributed by atoms with Crippen LogP contribution in [0, 0.1) is 0 Å². The third-order valence-corrected chi connectivity index (χ3v) is 2.65. The van der Waals surface area contributed by atoms with Crippen LogP contribution in [-0.2, 0) is 14.3 Å². The van der Waals surface area contributed by atoms with Gasteiger partial charge in [0, 0.05) is 6.08 Å². The van der Waals surface area contributed by atoms with Crippen molar-refractivity contribution in [1.82, 2.24) is 4.90 Å². The Morgan fingerprint density at radius 3 is 2.53 bits per heavy atom. The van der Waals surface area contributed by atoms with E-state index in [0.717, 1.165) is 0 Å². The maximum absolute atomic E-state index is 12.2. The van der Waals surface area contributed by atoms with Crippen molar-refractivity contribution in [2.45, 2.75) is 52.0 Å². The molecule has 0 N–H and O–H groups in total. The third-order valence-electron chi connectivity index (χ3n) is 2.65. The smallest absolute Gasteiger partial charge is 0.413 e. The molecule has 1 fully saturated rings. The third kappa shape index (κ3) is 3.69. The first-order valence-corrected chi connectivity index (χ1v) is 6.14. The summed E-state index contributed by atoms with van der Waals surface area (Å²) in [4.78, 5) is 25.5. The molecule has 0 spiro atoms. The largest absolute Gasteiger partial charge is 0.444 e. The normalized spacial score (nSPS) is 21.7.